The predicted molar refractivity (Wildman–Crippen MR) is 149 cm³/mol. The molecule has 2 aromatic carbocycles. The molecular weight excluding hydrogens is 420 g/mol. The minimum atomic E-state index is 0.173. The topological polar surface area (TPSA) is 47.6 Å². The summed E-state index contributed by atoms with van der Waals surface area (Å²) in [5.74, 6) is 0.967. The summed E-state index contributed by atoms with van der Waals surface area (Å²) in [6, 6.07) is 17.1. The van der Waals surface area contributed by atoms with Crippen LogP contribution in [0.25, 0.3) is 0 Å². The number of carbonyl (C=O) groups is 1. The Labute approximate surface area is 208 Å². The maximum absolute atomic E-state index is 11.3. The van der Waals surface area contributed by atoms with Crippen LogP contribution in [0, 0.1) is 6.92 Å². The van der Waals surface area contributed by atoms with Crippen LogP contribution in [0.1, 0.15) is 64.5 Å². The lowest BCUT2D eigenvalue weighted by Gasteiger charge is -2.36. The Morgan fingerprint density at radius 3 is 2.00 bits per heavy atom. The summed E-state index contributed by atoms with van der Waals surface area (Å²) in [6.45, 7) is 17.6. The Bertz CT molecular complexity index is 809. The van der Waals surface area contributed by atoms with Crippen LogP contribution in [0.5, 0.6) is 0 Å². The average molecular weight is 469 g/mol. The number of aryl methyl sites for hydroxylation is 1. The van der Waals surface area contributed by atoms with Crippen LogP contribution in [0.2, 0.25) is 0 Å². The largest absolute Gasteiger partial charge is 0.386 e. The monoisotopic (exact) mass is 468 g/mol. The second-order valence-corrected chi connectivity index (χ2v) is 8.14. The fourth-order valence-corrected chi connectivity index (χ4v) is 4.40. The highest BCUT2D eigenvalue weighted by atomic mass is 16.2. The summed E-state index contributed by atoms with van der Waals surface area (Å²) in [7, 11) is 1.94. The number of piperidine rings is 1. The first-order valence-corrected chi connectivity index (χ1v) is 13.1. The molecule has 0 unspecified atom stereocenters. The van der Waals surface area contributed by atoms with Crippen molar-refractivity contribution in [3.05, 3.63) is 59.7 Å². The second-order valence-electron chi connectivity index (χ2n) is 8.14. The number of amides is 1. The highest BCUT2D eigenvalue weighted by Gasteiger charge is 2.20. The van der Waals surface area contributed by atoms with Crippen LogP contribution in [0.3, 0.4) is 0 Å². The maximum Gasteiger partial charge on any atom is 0.219 e. The third-order valence-corrected chi connectivity index (χ3v) is 6.21. The van der Waals surface area contributed by atoms with E-state index in [4.69, 9.17) is 0 Å². The minimum absolute atomic E-state index is 0.173. The Balaban J connectivity index is 0.000000304. The lowest BCUT2D eigenvalue weighted by molar-refractivity contribution is -0.129. The number of nitrogens with one attached hydrogen (secondary N) is 2. The van der Waals surface area contributed by atoms with Gasteiger partial charge in [-0.15, -0.1) is 0 Å². The van der Waals surface area contributed by atoms with Crippen LogP contribution in [-0.4, -0.2) is 57.1 Å². The third-order valence-electron chi connectivity index (χ3n) is 6.21. The molecule has 5 heteroatoms. The van der Waals surface area contributed by atoms with Gasteiger partial charge >= 0.3 is 0 Å². The lowest BCUT2D eigenvalue weighted by Crippen LogP contribution is -2.48. The maximum atomic E-state index is 11.3. The number of anilines is 2. The minimum Gasteiger partial charge on any atom is -0.386 e. The van der Waals surface area contributed by atoms with Crippen molar-refractivity contribution < 1.29 is 4.79 Å². The van der Waals surface area contributed by atoms with Crippen molar-refractivity contribution in [1.29, 1.82) is 0 Å². The van der Waals surface area contributed by atoms with Crippen LogP contribution >= 0.6 is 0 Å². The Morgan fingerprint density at radius 2 is 1.44 bits per heavy atom. The molecule has 0 spiro atoms. The quantitative estimate of drug-likeness (QED) is 0.588. The Morgan fingerprint density at radius 1 is 0.882 bits per heavy atom. The first-order chi connectivity index (χ1) is 16.6. The molecule has 0 bridgehead atoms. The first-order valence-electron chi connectivity index (χ1n) is 13.1. The Kier molecular flexibility index (Phi) is 14.7. The van der Waals surface area contributed by atoms with Gasteiger partial charge in [0.25, 0.3) is 0 Å². The van der Waals surface area contributed by atoms with Crippen molar-refractivity contribution in [3.63, 3.8) is 0 Å². The molecule has 1 amide bonds. The van der Waals surface area contributed by atoms with E-state index in [0.717, 1.165) is 37.8 Å². The molecule has 2 heterocycles. The fraction of sp³-hybridized carbons (Fsp3) is 0.552. The smallest absolute Gasteiger partial charge is 0.219 e. The van der Waals surface area contributed by atoms with Crippen LogP contribution in [0.4, 0.5) is 11.4 Å². The molecule has 2 aliphatic rings. The van der Waals surface area contributed by atoms with E-state index < -0.39 is 0 Å². The van der Waals surface area contributed by atoms with Crippen molar-refractivity contribution in [2.45, 2.75) is 60.3 Å². The summed E-state index contributed by atoms with van der Waals surface area (Å²) in [5, 5.41) is 6.61. The molecule has 2 aromatic rings. The van der Waals surface area contributed by atoms with E-state index in [1.54, 1.807) is 12.5 Å². The van der Waals surface area contributed by atoms with E-state index in [-0.39, 0.29) is 5.91 Å². The molecule has 4 rings (SSSR count). The fourth-order valence-electron chi connectivity index (χ4n) is 4.40. The van der Waals surface area contributed by atoms with Crippen molar-refractivity contribution in [2.24, 2.45) is 0 Å². The summed E-state index contributed by atoms with van der Waals surface area (Å²) >= 11 is 0. The van der Waals surface area contributed by atoms with Gasteiger partial charge in [-0.3, -0.25) is 4.79 Å². The molecule has 2 fully saturated rings. The number of hydrogen-bond acceptors (Lipinski definition) is 4. The molecule has 0 aliphatic carbocycles. The molecule has 0 aromatic heterocycles. The number of hydrogen-bond donors (Lipinski definition) is 2. The van der Waals surface area contributed by atoms with Crippen molar-refractivity contribution in [1.82, 2.24) is 10.2 Å². The number of benzene rings is 2. The molecule has 5 nitrogen and oxygen atoms in total. The number of nitrogens with zero attached hydrogens (tertiary/aromatic N) is 2. The van der Waals surface area contributed by atoms with Gasteiger partial charge in [0, 0.05) is 40.2 Å². The second kappa shape index (κ2) is 17.0. The molecule has 2 saturated heterocycles. The predicted octanol–water partition coefficient (Wildman–Crippen LogP) is 5.91. The summed E-state index contributed by atoms with van der Waals surface area (Å²) < 4.78 is 0. The summed E-state index contributed by atoms with van der Waals surface area (Å²) in [4.78, 5) is 15.5. The van der Waals surface area contributed by atoms with Crippen molar-refractivity contribution >= 4 is 17.3 Å². The zero-order chi connectivity index (χ0) is 25.3. The van der Waals surface area contributed by atoms with Gasteiger partial charge in [0.1, 0.15) is 0 Å². The average Bonchev–Trinajstić information content (AvgIpc) is 2.92. The zero-order valence-corrected chi connectivity index (χ0v) is 22.7. The summed E-state index contributed by atoms with van der Waals surface area (Å²) in [5.41, 5.74) is 5.38. The molecular formula is C29H48N4O. The van der Waals surface area contributed by atoms with Gasteiger partial charge in [0.15, 0.2) is 0 Å². The van der Waals surface area contributed by atoms with Crippen molar-refractivity contribution in [2.75, 3.05) is 56.5 Å². The highest BCUT2D eigenvalue weighted by Crippen LogP contribution is 2.27. The van der Waals surface area contributed by atoms with Gasteiger partial charge in [-0.1, -0.05) is 64.1 Å². The molecule has 2 N–H and O–H groups in total. The van der Waals surface area contributed by atoms with E-state index in [2.05, 4.69) is 58.9 Å². The SMILES string of the molecule is CC.CC.CNc1ccccc1N1CCN(C(C)=O)CC1.Cc1ccccc1C1CCNCC1. The van der Waals surface area contributed by atoms with Crippen LogP contribution in [-0.2, 0) is 4.79 Å². The van der Waals surface area contributed by atoms with Gasteiger partial charge in [0.05, 0.1) is 11.4 Å². The standard InChI is InChI=1S/C13H19N3O.C12H17N.2C2H6/c1-11(17)15-7-9-16(10-8-15)13-6-4-3-5-12(13)14-2;1-10-4-2-3-5-12(10)11-6-8-13-9-7-11;2*1-2/h3-6,14H,7-10H2,1-2H3;2-5,11,13H,6-9H2,1H3;2*1-2H3. The van der Waals surface area contributed by atoms with E-state index in [1.807, 2.05) is 51.8 Å². The number of carbonyl (C=O) groups excluding carboxylic acids is 1. The van der Waals surface area contributed by atoms with Gasteiger partial charge < -0.3 is 20.4 Å². The lowest BCUT2D eigenvalue weighted by atomic mass is 9.88. The van der Waals surface area contributed by atoms with Gasteiger partial charge in [0.2, 0.25) is 5.91 Å². The molecule has 0 saturated carbocycles. The van der Waals surface area contributed by atoms with Crippen LogP contribution < -0.4 is 15.5 Å². The van der Waals surface area contributed by atoms with Gasteiger partial charge in [-0.25, -0.2) is 0 Å². The zero-order valence-electron chi connectivity index (χ0n) is 22.7. The number of para-hydroxylation sites is 2. The number of piperazine rings is 1. The molecule has 34 heavy (non-hydrogen) atoms. The van der Waals surface area contributed by atoms with Gasteiger partial charge in [-0.2, -0.15) is 0 Å². The van der Waals surface area contributed by atoms with Crippen molar-refractivity contribution in [3.8, 4) is 0 Å². The molecule has 0 radical (unpaired) electrons. The molecule has 0 atom stereocenters. The van der Waals surface area contributed by atoms with E-state index in [1.165, 1.54) is 37.2 Å². The van der Waals surface area contributed by atoms with E-state index in [0.29, 0.717) is 0 Å². The molecule has 190 valence electrons. The van der Waals surface area contributed by atoms with E-state index >= 15 is 0 Å². The van der Waals surface area contributed by atoms with Gasteiger partial charge in [-0.05, 0) is 62.0 Å². The van der Waals surface area contributed by atoms with E-state index in [9.17, 15) is 4.79 Å². The highest BCUT2D eigenvalue weighted by molar-refractivity contribution is 5.74. The third kappa shape index (κ3) is 9.02. The Hall–Kier alpha value is -2.53. The number of rotatable bonds is 3. The van der Waals surface area contributed by atoms with Crippen LogP contribution in [0.15, 0.2) is 48.5 Å². The molecule has 2 aliphatic heterocycles. The first kappa shape index (κ1) is 29.5. The summed E-state index contributed by atoms with van der Waals surface area (Å²) in [6.07, 6.45) is 2.59. The normalized spacial score (nSPS) is 15.5.